The molecule has 0 radical (unpaired) electrons. The summed E-state index contributed by atoms with van der Waals surface area (Å²) in [5.41, 5.74) is 0. The molecule has 0 rings (SSSR count). The molecule has 0 spiro atoms. The fourth-order valence-electron chi connectivity index (χ4n) is 1.78. The third-order valence-corrected chi connectivity index (χ3v) is 5.54. The Kier molecular flexibility index (Phi) is 6.90. The average molecular weight is 230 g/mol. The summed E-state index contributed by atoms with van der Waals surface area (Å²) < 4.78 is 4.93. The molecular formula is C12H26O2Si. The number of carbonyl (C=O) groups excluding carboxylic acids is 1. The van der Waals surface area contributed by atoms with Crippen molar-refractivity contribution in [2.45, 2.75) is 57.9 Å². The van der Waals surface area contributed by atoms with Crippen LogP contribution in [-0.2, 0) is 9.53 Å². The van der Waals surface area contributed by atoms with Gasteiger partial charge in [-0.25, -0.2) is 0 Å². The number of hydrogen-bond donors (Lipinski definition) is 0. The Balaban J connectivity index is 4.20. The Bertz CT molecular complexity index is 192. The van der Waals surface area contributed by atoms with Crippen molar-refractivity contribution in [1.29, 1.82) is 0 Å². The van der Waals surface area contributed by atoms with Gasteiger partial charge in [0.25, 0.3) is 0 Å². The maximum Gasteiger partial charge on any atom is 0.308 e. The maximum atomic E-state index is 11.8. The van der Waals surface area contributed by atoms with E-state index >= 15 is 0 Å². The first-order valence-corrected chi connectivity index (χ1v) is 7.07. The van der Waals surface area contributed by atoms with E-state index in [-0.39, 0.29) is 11.0 Å². The summed E-state index contributed by atoms with van der Waals surface area (Å²) in [4.78, 5) is 11.8. The molecule has 0 aliphatic rings. The van der Waals surface area contributed by atoms with Gasteiger partial charge < -0.3 is 4.74 Å². The van der Waals surface area contributed by atoms with Gasteiger partial charge in [0.1, 0.15) is 0 Å². The standard InChI is InChI=1S/C12H26O2Si/c1-5-6-7-8-9-12(15,10(2)3)11(13)14-4/h10H,5-9H2,1-4,15H3. The monoisotopic (exact) mass is 230 g/mol. The zero-order valence-corrected chi connectivity index (χ0v) is 12.9. The summed E-state index contributed by atoms with van der Waals surface area (Å²) in [6.45, 7) is 6.46. The number of carbonyl (C=O) groups is 1. The van der Waals surface area contributed by atoms with Crippen molar-refractivity contribution >= 4 is 16.2 Å². The molecule has 0 aromatic heterocycles. The van der Waals surface area contributed by atoms with Crippen molar-refractivity contribution < 1.29 is 9.53 Å². The van der Waals surface area contributed by atoms with E-state index < -0.39 is 0 Å². The molecule has 0 aromatic rings. The van der Waals surface area contributed by atoms with Gasteiger partial charge in [0.15, 0.2) is 0 Å². The Morgan fingerprint density at radius 2 is 1.93 bits per heavy atom. The summed E-state index contributed by atoms with van der Waals surface area (Å²) >= 11 is 0. The van der Waals surface area contributed by atoms with E-state index in [0.29, 0.717) is 5.92 Å². The van der Waals surface area contributed by atoms with E-state index in [9.17, 15) is 4.79 Å². The van der Waals surface area contributed by atoms with Crippen LogP contribution in [0, 0.1) is 5.92 Å². The second kappa shape index (κ2) is 7.04. The second-order valence-corrected chi connectivity index (χ2v) is 6.66. The van der Waals surface area contributed by atoms with Gasteiger partial charge >= 0.3 is 5.97 Å². The van der Waals surface area contributed by atoms with Crippen molar-refractivity contribution in [2.75, 3.05) is 7.11 Å². The number of esters is 1. The molecule has 3 heteroatoms. The van der Waals surface area contributed by atoms with Gasteiger partial charge in [0, 0.05) is 10.2 Å². The largest absolute Gasteiger partial charge is 0.469 e. The molecule has 2 nitrogen and oxygen atoms in total. The lowest BCUT2D eigenvalue weighted by Gasteiger charge is -2.30. The van der Waals surface area contributed by atoms with Crippen molar-refractivity contribution in [3.05, 3.63) is 0 Å². The molecule has 90 valence electrons. The SMILES string of the molecule is CCCCCCC([SiH3])(C(=O)OC)C(C)C. The van der Waals surface area contributed by atoms with E-state index in [2.05, 4.69) is 20.8 Å². The molecule has 0 aromatic carbocycles. The highest BCUT2D eigenvalue weighted by atomic mass is 28.1. The topological polar surface area (TPSA) is 26.3 Å². The summed E-state index contributed by atoms with van der Waals surface area (Å²) in [6, 6.07) is 0. The smallest absolute Gasteiger partial charge is 0.308 e. The Morgan fingerprint density at radius 3 is 2.33 bits per heavy atom. The molecule has 0 aliphatic heterocycles. The molecule has 0 saturated carbocycles. The van der Waals surface area contributed by atoms with Crippen LogP contribution in [0.25, 0.3) is 0 Å². The summed E-state index contributed by atoms with van der Waals surface area (Å²) in [5, 5.41) is -0.164. The van der Waals surface area contributed by atoms with Crippen molar-refractivity contribution in [2.24, 2.45) is 5.92 Å². The molecule has 0 aliphatic carbocycles. The van der Waals surface area contributed by atoms with E-state index in [0.717, 1.165) is 23.1 Å². The average Bonchev–Trinajstić information content (AvgIpc) is 2.22. The lowest BCUT2D eigenvalue weighted by Crippen LogP contribution is -2.31. The molecule has 0 heterocycles. The molecule has 1 atom stereocenters. The number of methoxy groups -OCH3 is 1. The van der Waals surface area contributed by atoms with Crippen LogP contribution in [0.3, 0.4) is 0 Å². The normalized spacial score (nSPS) is 15.3. The first-order chi connectivity index (χ1) is 6.99. The van der Waals surface area contributed by atoms with E-state index in [1.807, 2.05) is 0 Å². The molecule has 0 bridgehead atoms. The van der Waals surface area contributed by atoms with Crippen molar-refractivity contribution in [3.63, 3.8) is 0 Å². The van der Waals surface area contributed by atoms with Crippen LogP contribution in [0.5, 0.6) is 0 Å². The predicted octanol–water partition coefficient (Wildman–Crippen LogP) is 2.31. The summed E-state index contributed by atoms with van der Waals surface area (Å²) in [6.07, 6.45) is 5.92. The van der Waals surface area contributed by atoms with Crippen LogP contribution < -0.4 is 0 Å². The summed E-state index contributed by atoms with van der Waals surface area (Å²) in [5.74, 6) is 0.402. The van der Waals surface area contributed by atoms with Gasteiger partial charge in [-0.05, 0) is 12.3 Å². The van der Waals surface area contributed by atoms with Crippen LogP contribution in [0.1, 0.15) is 52.9 Å². The zero-order chi connectivity index (χ0) is 11.9. The molecule has 0 fully saturated rings. The minimum Gasteiger partial charge on any atom is -0.469 e. The highest BCUT2D eigenvalue weighted by molar-refractivity contribution is 6.27. The van der Waals surface area contributed by atoms with Gasteiger partial charge in [0.05, 0.1) is 12.1 Å². The van der Waals surface area contributed by atoms with Gasteiger partial charge in [-0.3, -0.25) is 4.79 Å². The highest BCUT2D eigenvalue weighted by Crippen LogP contribution is 2.38. The summed E-state index contributed by atoms with van der Waals surface area (Å²) in [7, 11) is 2.39. The number of hydrogen-bond acceptors (Lipinski definition) is 2. The van der Waals surface area contributed by atoms with Gasteiger partial charge in [-0.15, -0.1) is 0 Å². The van der Waals surface area contributed by atoms with Gasteiger partial charge in [-0.2, -0.15) is 0 Å². The van der Waals surface area contributed by atoms with Crippen LogP contribution in [-0.4, -0.2) is 23.3 Å². The quantitative estimate of drug-likeness (QED) is 0.381. The zero-order valence-electron chi connectivity index (χ0n) is 10.9. The molecular weight excluding hydrogens is 204 g/mol. The predicted molar refractivity (Wildman–Crippen MR) is 68.2 cm³/mol. The fourth-order valence-corrected chi connectivity index (χ4v) is 2.34. The Morgan fingerprint density at radius 1 is 1.33 bits per heavy atom. The van der Waals surface area contributed by atoms with E-state index in [1.54, 1.807) is 0 Å². The third kappa shape index (κ3) is 4.37. The van der Waals surface area contributed by atoms with Gasteiger partial charge in [-0.1, -0.05) is 46.5 Å². The van der Waals surface area contributed by atoms with Crippen LogP contribution in [0.4, 0.5) is 0 Å². The number of unbranched alkanes of at least 4 members (excludes halogenated alkanes) is 3. The molecule has 15 heavy (non-hydrogen) atoms. The molecule has 0 saturated heterocycles. The number of rotatable bonds is 7. The lowest BCUT2D eigenvalue weighted by atomic mass is 9.88. The van der Waals surface area contributed by atoms with E-state index in [1.165, 1.54) is 26.4 Å². The van der Waals surface area contributed by atoms with Crippen molar-refractivity contribution in [3.8, 4) is 0 Å². The third-order valence-electron chi connectivity index (χ3n) is 3.48. The van der Waals surface area contributed by atoms with Crippen LogP contribution >= 0.6 is 0 Å². The minimum atomic E-state index is -0.164. The van der Waals surface area contributed by atoms with Crippen LogP contribution in [0.2, 0.25) is 5.04 Å². The first kappa shape index (κ1) is 14.7. The van der Waals surface area contributed by atoms with E-state index in [4.69, 9.17) is 4.74 Å². The Labute approximate surface area is 97.2 Å². The molecule has 0 N–H and O–H groups in total. The molecule has 1 unspecified atom stereocenters. The molecule has 0 amide bonds. The maximum absolute atomic E-state index is 11.8. The highest BCUT2D eigenvalue weighted by Gasteiger charge is 2.36. The fraction of sp³-hybridized carbons (Fsp3) is 0.917. The second-order valence-electron chi connectivity index (χ2n) is 4.87. The van der Waals surface area contributed by atoms with Crippen molar-refractivity contribution in [1.82, 2.24) is 0 Å². The number of ether oxygens (including phenoxy) is 1. The van der Waals surface area contributed by atoms with Gasteiger partial charge in [0.2, 0.25) is 0 Å². The minimum absolute atomic E-state index is 0.000616. The van der Waals surface area contributed by atoms with Crippen LogP contribution in [0.15, 0.2) is 0 Å². The first-order valence-electron chi connectivity index (χ1n) is 6.07. The Hall–Kier alpha value is -0.313. The lowest BCUT2D eigenvalue weighted by molar-refractivity contribution is -0.146.